The van der Waals surface area contributed by atoms with E-state index >= 15 is 0 Å². The predicted molar refractivity (Wildman–Crippen MR) is 109 cm³/mol. The van der Waals surface area contributed by atoms with Gasteiger partial charge in [-0.05, 0) is 36.1 Å². The van der Waals surface area contributed by atoms with Gasteiger partial charge in [0.25, 0.3) is 0 Å². The molecular formula is C23H28N2O3. The van der Waals surface area contributed by atoms with Crippen molar-refractivity contribution in [3.05, 3.63) is 65.7 Å². The van der Waals surface area contributed by atoms with Gasteiger partial charge in [0.05, 0.1) is 18.6 Å². The minimum absolute atomic E-state index is 0.0965. The Morgan fingerprint density at radius 3 is 2.21 bits per heavy atom. The summed E-state index contributed by atoms with van der Waals surface area (Å²) in [7, 11) is 0. The topological polar surface area (TPSA) is 50.8 Å². The van der Waals surface area contributed by atoms with Crippen LogP contribution in [-0.2, 0) is 26.2 Å². The van der Waals surface area contributed by atoms with Gasteiger partial charge in [-0.3, -0.25) is 4.79 Å². The Bertz CT molecular complexity index is 764. The molecule has 0 unspecified atom stereocenters. The van der Waals surface area contributed by atoms with Crippen molar-refractivity contribution in [1.29, 1.82) is 0 Å². The maximum absolute atomic E-state index is 13.2. The van der Waals surface area contributed by atoms with E-state index in [0.29, 0.717) is 19.8 Å². The van der Waals surface area contributed by atoms with Crippen LogP contribution in [0.1, 0.15) is 24.0 Å². The molecule has 2 fully saturated rings. The van der Waals surface area contributed by atoms with E-state index < -0.39 is 5.41 Å². The molecule has 2 aromatic carbocycles. The highest BCUT2D eigenvalue weighted by molar-refractivity contribution is 5.88. The van der Waals surface area contributed by atoms with Gasteiger partial charge in [-0.25, -0.2) is 0 Å². The number of nitrogens with zero attached hydrogens (tertiary/aromatic N) is 1. The fourth-order valence-corrected chi connectivity index (χ4v) is 4.12. The summed E-state index contributed by atoms with van der Waals surface area (Å²) >= 11 is 0. The molecule has 2 aliphatic rings. The van der Waals surface area contributed by atoms with Gasteiger partial charge in [-0.1, -0.05) is 42.5 Å². The van der Waals surface area contributed by atoms with Crippen LogP contribution in [0.4, 0.5) is 5.69 Å². The average molecular weight is 380 g/mol. The molecule has 28 heavy (non-hydrogen) atoms. The summed E-state index contributed by atoms with van der Waals surface area (Å²) in [4.78, 5) is 15.6. The maximum atomic E-state index is 13.2. The van der Waals surface area contributed by atoms with E-state index in [4.69, 9.17) is 9.47 Å². The number of ether oxygens (including phenoxy) is 2. The van der Waals surface area contributed by atoms with E-state index in [9.17, 15) is 4.79 Å². The lowest BCUT2D eigenvalue weighted by Gasteiger charge is -2.36. The van der Waals surface area contributed by atoms with Crippen LogP contribution in [0.2, 0.25) is 0 Å². The number of morpholine rings is 1. The summed E-state index contributed by atoms with van der Waals surface area (Å²) < 4.78 is 11.0. The van der Waals surface area contributed by atoms with Gasteiger partial charge in [0, 0.05) is 38.5 Å². The average Bonchev–Trinajstić information content (AvgIpc) is 2.79. The molecule has 0 atom stereocenters. The summed E-state index contributed by atoms with van der Waals surface area (Å²) in [5.74, 6) is 0.0965. The third-order valence-electron chi connectivity index (χ3n) is 5.87. The molecule has 0 saturated carbocycles. The molecule has 0 aromatic heterocycles. The van der Waals surface area contributed by atoms with Gasteiger partial charge in [-0.15, -0.1) is 0 Å². The molecule has 0 bridgehead atoms. The van der Waals surface area contributed by atoms with Crippen LogP contribution in [0, 0.1) is 0 Å². The third-order valence-corrected chi connectivity index (χ3v) is 5.87. The quantitative estimate of drug-likeness (QED) is 0.867. The van der Waals surface area contributed by atoms with Crippen molar-refractivity contribution in [2.75, 3.05) is 44.4 Å². The first kappa shape index (κ1) is 19.0. The van der Waals surface area contributed by atoms with Gasteiger partial charge in [0.2, 0.25) is 5.91 Å². The van der Waals surface area contributed by atoms with Crippen molar-refractivity contribution in [3.63, 3.8) is 0 Å². The largest absolute Gasteiger partial charge is 0.381 e. The second-order valence-corrected chi connectivity index (χ2v) is 7.51. The van der Waals surface area contributed by atoms with Crippen LogP contribution in [0.15, 0.2) is 54.6 Å². The molecule has 0 spiro atoms. The lowest BCUT2D eigenvalue weighted by molar-refractivity contribution is -0.130. The molecule has 0 aliphatic carbocycles. The maximum Gasteiger partial charge on any atom is 0.231 e. The number of hydrogen-bond acceptors (Lipinski definition) is 4. The molecule has 2 aromatic rings. The molecule has 1 amide bonds. The van der Waals surface area contributed by atoms with Gasteiger partial charge in [-0.2, -0.15) is 0 Å². The fraction of sp³-hybridized carbons (Fsp3) is 0.435. The number of carbonyl (C=O) groups excluding carboxylic acids is 1. The lowest BCUT2D eigenvalue weighted by atomic mass is 9.73. The third kappa shape index (κ3) is 4.05. The number of carbonyl (C=O) groups is 1. The monoisotopic (exact) mass is 380 g/mol. The Labute approximate surface area is 166 Å². The van der Waals surface area contributed by atoms with Crippen molar-refractivity contribution >= 4 is 11.6 Å². The molecule has 1 N–H and O–H groups in total. The smallest absolute Gasteiger partial charge is 0.231 e. The van der Waals surface area contributed by atoms with E-state index in [1.54, 1.807) is 0 Å². The predicted octanol–water partition coefficient (Wildman–Crippen LogP) is 2.89. The van der Waals surface area contributed by atoms with Crippen molar-refractivity contribution in [2.24, 2.45) is 0 Å². The number of amides is 1. The van der Waals surface area contributed by atoms with E-state index in [2.05, 4.69) is 46.6 Å². The van der Waals surface area contributed by atoms with E-state index in [1.165, 1.54) is 5.69 Å². The molecule has 5 heteroatoms. The van der Waals surface area contributed by atoms with Gasteiger partial charge in [0.1, 0.15) is 0 Å². The lowest BCUT2D eigenvalue weighted by Crippen LogP contribution is -2.47. The SMILES string of the molecule is O=C(NCc1ccc(N2CCOCC2)cc1)C1(c2ccccc2)CCOCC1. The first-order valence-electron chi connectivity index (χ1n) is 10.1. The minimum Gasteiger partial charge on any atom is -0.381 e. The molecule has 5 nitrogen and oxygen atoms in total. The highest BCUT2D eigenvalue weighted by Crippen LogP contribution is 2.35. The summed E-state index contributed by atoms with van der Waals surface area (Å²) in [5, 5.41) is 3.18. The Morgan fingerprint density at radius 2 is 1.54 bits per heavy atom. The van der Waals surface area contributed by atoms with Gasteiger partial charge < -0.3 is 19.7 Å². The van der Waals surface area contributed by atoms with Crippen molar-refractivity contribution < 1.29 is 14.3 Å². The second kappa shape index (κ2) is 8.76. The van der Waals surface area contributed by atoms with Crippen LogP contribution in [-0.4, -0.2) is 45.4 Å². The zero-order valence-electron chi connectivity index (χ0n) is 16.2. The van der Waals surface area contributed by atoms with Crippen LogP contribution in [0.3, 0.4) is 0 Å². The van der Waals surface area contributed by atoms with Crippen molar-refractivity contribution in [2.45, 2.75) is 24.8 Å². The van der Waals surface area contributed by atoms with Crippen LogP contribution < -0.4 is 10.2 Å². The van der Waals surface area contributed by atoms with Crippen LogP contribution in [0.25, 0.3) is 0 Å². The zero-order valence-corrected chi connectivity index (χ0v) is 16.2. The minimum atomic E-state index is -0.493. The van der Waals surface area contributed by atoms with Crippen molar-refractivity contribution in [1.82, 2.24) is 5.32 Å². The highest BCUT2D eigenvalue weighted by Gasteiger charge is 2.41. The first-order valence-corrected chi connectivity index (χ1v) is 10.1. The Morgan fingerprint density at radius 1 is 0.893 bits per heavy atom. The molecular weight excluding hydrogens is 352 g/mol. The number of benzene rings is 2. The van der Waals surface area contributed by atoms with Crippen molar-refractivity contribution in [3.8, 4) is 0 Å². The fourth-order valence-electron chi connectivity index (χ4n) is 4.12. The Kier molecular flexibility index (Phi) is 5.93. The summed E-state index contributed by atoms with van der Waals surface area (Å²) in [5.41, 5.74) is 2.91. The van der Waals surface area contributed by atoms with E-state index in [-0.39, 0.29) is 5.91 Å². The number of anilines is 1. The summed E-state index contributed by atoms with van der Waals surface area (Å²) in [6.07, 6.45) is 1.44. The molecule has 148 valence electrons. The molecule has 4 rings (SSSR count). The van der Waals surface area contributed by atoms with Crippen LogP contribution >= 0.6 is 0 Å². The van der Waals surface area contributed by atoms with E-state index in [0.717, 1.165) is 50.3 Å². The molecule has 2 heterocycles. The van der Waals surface area contributed by atoms with Crippen LogP contribution in [0.5, 0.6) is 0 Å². The van der Waals surface area contributed by atoms with Gasteiger partial charge >= 0.3 is 0 Å². The summed E-state index contributed by atoms with van der Waals surface area (Å²) in [6, 6.07) is 18.6. The van der Waals surface area contributed by atoms with E-state index in [1.807, 2.05) is 18.2 Å². The number of rotatable bonds is 5. The molecule has 2 saturated heterocycles. The zero-order chi connectivity index (χ0) is 19.2. The molecule has 0 radical (unpaired) electrons. The molecule has 2 aliphatic heterocycles. The van der Waals surface area contributed by atoms with Gasteiger partial charge in [0.15, 0.2) is 0 Å². The normalized spacial score (nSPS) is 19.2. The standard InChI is InChI=1S/C23H28N2O3/c26-22(23(10-14-27-15-11-23)20-4-2-1-3-5-20)24-18-19-6-8-21(9-7-19)25-12-16-28-17-13-25/h1-9H,10-18H2,(H,24,26). The first-order chi connectivity index (χ1) is 13.8. The number of hydrogen-bond donors (Lipinski definition) is 1. The Hall–Kier alpha value is -2.37. The second-order valence-electron chi connectivity index (χ2n) is 7.51. The Balaban J connectivity index is 1.42. The number of nitrogens with one attached hydrogen (secondary N) is 1. The summed E-state index contributed by atoms with van der Waals surface area (Å²) in [6.45, 7) is 5.20. The highest BCUT2D eigenvalue weighted by atomic mass is 16.5.